The Morgan fingerprint density at radius 2 is 1.77 bits per heavy atom. The lowest BCUT2D eigenvalue weighted by atomic mass is 9.86. The Morgan fingerprint density at radius 1 is 1.10 bits per heavy atom. The first kappa shape index (κ1) is 22.0. The SMILES string of the molecule is CC(C)(C)CC(=O)NN1C(=O)C(N)CC(c2ccccc2)CC1c1cccc(F)c1. The van der Waals surface area contributed by atoms with Crippen molar-refractivity contribution in [3.8, 4) is 0 Å². The summed E-state index contributed by atoms with van der Waals surface area (Å²) < 4.78 is 14.0. The van der Waals surface area contributed by atoms with Crippen molar-refractivity contribution in [3.63, 3.8) is 0 Å². The molecule has 5 nitrogen and oxygen atoms in total. The lowest BCUT2D eigenvalue weighted by Gasteiger charge is -2.33. The zero-order valence-corrected chi connectivity index (χ0v) is 17.8. The van der Waals surface area contributed by atoms with Gasteiger partial charge in [0.1, 0.15) is 5.82 Å². The maximum Gasteiger partial charge on any atom is 0.258 e. The summed E-state index contributed by atoms with van der Waals surface area (Å²) in [5, 5.41) is 1.33. The van der Waals surface area contributed by atoms with Gasteiger partial charge in [0.25, 0.3) is 5.91 Å². The van der Waals surface area contributed by atoms with Crippen LogP contribution >= 0.6 is 0 Å². The van der Waals surface area contributed by atoms with Crippen molar-refractivity contribution in [1.82, 2.24) is 10.4 Å². The number of carbonyl (C=O) groups excluding carboxylic acids is 2. The van der Waals surface area contributed by atoms with E-state index in [1.165, 1.54) is 17.1 Å². The number of nitrogens with two attached hydrogens (primary N) is 1. The molecule has 1 aliphatic heterocycles. The van der Waals surface area contributed by atoms with Gasteiger partial charge in [-0.15, -0.1) is 0 Å². The average Bonchev–Trinajstić information content (AvgIpc) is 2.79. The monoisotopic (exact) mass is 411 g/mol. The molecule has 0 aromatic heterocycles. The van der Waals surface area contributed by atoms with Gasteiger partial charge in [0.15, 0.2) is 0 Å². The highest BCUT2D eigenvalue weighted by Crippen LogP contribution is 2.38. The highest BCUT2D eigenvalue weighted by atomic mass is 19.1. The van der Waals surface area contributed by atoms with Crippen LogP contribution in [-0.2, 0) is 9.59 Å². The molecule has 0 bridgehead atoms. The summed E-state index contributed by atoms with van der Waals surface area (Å²) in [6.45, 7) is 5.87. The normalized spacial score (nSPS) is 22.5. The molecule has 1 fully saturated rings. The van der Waals surface area contributed by atoms with Crippen molar-refractivity contribution in [3.05, 3.63) is 71.5 Å². The molecule has 3 atom stereocenters. The number of hydrazine groups is 1. The Kier molecular flexibility index (Phi) is 6.56. The Bertz CT molecular complexity index is 895. The maximum atomic E-state index is 14.0. The summed E-state index contributed by atoms with van der Waals surface area (Å²) in [6, 6.07) is 14.8. The molecule has 30 heavy (non-hydrogen) atoms. The van der Waals surface area contributed by atoms with Crippen LogP contribution in [0.5, 0.6) is 0 Å². The molecule has 1 saturated heterocycles. The molecule has 3 rings (SSSR count). The third-order valence-corrected chi connectivity index (χ3v) is 5.35. The predicted molar refractivity (Wildman–Crippen MR) is 115 cm³/mol. The van der Waals surface area contributed by atoms with Gasteiger partial charge in [0.05, 0.1) is 12.1 Å². The maximum absolute atomic E-state index is 14.0. The second kappa shape index (κ2) is 8.96. The smallest absolute Gasteiger partial charge is 0.258 e. The van der Waals surface area contributed by atoms with Gasteiger partial charge < -0.3 is 5.73 Å². The molecule has 160 valence electrons. The lowest BCUT2D eigenvalue weighted by Crippen LogP contribution is -2.53. The number of hydrogen-bond acceptors (Lipinski definition) is 3. The molecule has 0 radical (unpaired) electrons. The van der Waals surface area contributed by atoms with Crippen LogP contribution in [0.3, 0.4) is 0 Å². The largest absolute Gasteiger partial charge is 0.320 e. The van der Waals surface area contributed by atoms with Gasteiger partial charge in [-0.2, -0.15) is 0 Å². The summed E-state index contributed by atoms with van der Waals surface area (Å²) in [6.07, 6.45) is 1.24. The van der Waals surface area contributed by atoms with E-state index in [2.05, 4.69) is 5.43 Å². The van der Waals surface area contributed by atoms with Crippen LogP contribution in [0.2, 0.25) is 0 Å². The number of benzene rings is 2. The summed E-state index contributed by atoms with van der Waals surface area (Å²) in [5.41, 5.74) is 10.5. The number of amides is 2. The molecule has 2 aromatic carbocycles. The first-order valence-electron chi connectivity index (χ1n) is 10.3. The molecule has 0 aliphatic carbocycles. The zero-order chi connectivity index (χ0) is 21.9. The minimum atomic E-state index is -0.760. The number of nitrogens with zero attached hydrogens (tertiary/aromatic N) is 1. The predicted octanol–water partition coefficient (Wildman–Crippen LogP) is 4.07. The van der Waals surface area contributed by atoms with Gasteiger partial charge >= 0.3 is 0 Å². The first-order valence-corrected chi connectivity index (χ1v) is 10.3. The van der Waals surface area contributed by atoms with Crippen LogP contribution in [0.15, 0.2) is 54.6 Å². The molecular weight excluding hydrogens is 381 g/mol. The van der Waals surface area contributed by atoms with E-state index in [4.69, 9.17) is 5.73 Å². The quantitative estimate of drug-likeness (QED) is 0.796. The van der Waals surface area contributed by atoms with Gasteiger partial charge in [-0.25, -0.2) is 9.40 Å². The van der Waals surface area contributed by atoms with Crippen molar-refractivity contribution >= 4 is 11.8 Å². The first-order chi connectivity index (χ1) is 14.1. The fourth-order valence-electron chi connectivity index (χ4n) is 4.00. The fraction of sp³-hybridized carbons (Fsp3) is 0.417. The van der Waals surface area contributed by atoms with E-state index in [-0.39, 0.29) is 35.4 Å². The highest BCUT2D eigenvalue weighted by molar-refractivity contribution is 5.86. The topological polar surface area (TPSA) is 75.4 Å². The molecule has 2 amide bonds. The Balaban J connectivity index is 1.98. The van der Waals surface area contributed by atoms with Crippen molar-refractivity contribution in [1.29, 1.82) is 0 Å². The van der Waals surface area contributed by atoms with Crippen LogP contribution in [0, 0.1) is 11.2 Å². The van der Waals surface area contributed by atoms with Crippen LogP contribution in [0.4, 0.5) is 4.39 Å². The lowest BCUT2D eigenvalue weighted by molar-refractivity contribution is -0.145. The van der Waals surface area contributed by atoms with Gasteiger partial charge in [-0.05, 0) is 47.4 Å². The third kappa shape index (κ3) is 5.45. The van der Waals surface area contributed by atoms with E-state index in [0.29, 0.717) is 18.4 Å². The van der Waals surface area contributed by atoms with Gasteiger partial charge in [-0.3, -0.25) is 15.0 Å². The zero-order valence-electron chi connectivity index (χ0n) is 17.8. The summed E-state index contributed by atoms with van der Waals surface area (Å²) in [4.78, 5) is 25.9. The van der Waals surface area contributed by atoms with Crippen molar-refractivity contribution in [2.24, 2.45) is 11.1 Å². The third-order valence-electron chi connectivity index (χ3n) is 5.35. The van der Waals surface area contributed by atoms with E-state index in [0.717, 1.165) is 5.56 Å². The Morgan fingerprint density at radius 3 is 2.40 bits per heavy atom. The molecule has 3 N–H and O–H groups in total. The Hall–Kier alpha value is -2.73. The fourth-order valence-corrected chi connectivity index (χ4v) is 4.00. The van der Waals surface area contributed by atoms with E-state index in [1.807, 2.05) is 51.1 Å². The van der Waals surface area contributed by atoms with E-state index in [9.17, 15) is 14.0 Å². The molecule has 0 saturated carbocycles. The minimum absolute atomic E-state index is 0.00272. The van der Waals surface area contributed by atoms with Gasteiger partial charge in [-0.1, -0.05) is 63.2 Å². The number of halogens is 1. The molecular formula is C24H30FN3O2. The molecule has 1 heterocycles. The number of carbonyl (C=O) groups is 2. The second-order valence-corrected chi connectivity index (χ2v) is 9.24. The highest BCUT2D eigenvalue weighted by Gasteiger charge is 2.38. The number of nitrogens with one attached hydrogen (secondary N) is 1. The van der Waals surface area contributed by atoms with Crippen molar-refractivity contribution in [2.75, 3.05) is 0 Å². The summed E-state index contributed by atoms with van der Waals surface area (Å²) >= 11 is 0. The second-order valence-electron chi connectivity index (χ2n) is 9.24. The molecule has 3 unspecified atom stereocenters. The van der Waals surface area contributed by atoms with E-state index >= 15 is 0 Å². The standard InChI is InChI=1S/C24H30FN3O2/c1-24(2,3)15-22(29)27-28-21(17-10-7-11-19(25)12-17)14-18(13-20(26)23(28)30)16-8-5-4-6-9-16/h4-12,18,20-21H,13-15,26H2,1-3H3,(H,27,29). The molecule has 0 spiro atoms. The number of rotatable bonds is 4. The van der Waals surface area contributed by atoms with Crippen LogP contribution in [0.1, 0.15) is 63.1 Å². The van der Waals surface area contributed by atoms with Gasteiger partial charge in [0, 0.05) is 6.42 Å². The minimum Gasteiger partial charge on any atom is -0.320 e. The Labute approximate surface area is 177 Å². The summed E-state index contributed by atoms with van der Waals surface area (Å²) in [7, 11) is 0. The van der Waals surface area contributed by atoms with Crippen LogP contribution < -0.4 is 11.2 Å². The molecule has 1 aliphatic rings. The summed E-state index contributed by atoms with van der Waals surface area (Å²) in [5.74, 6) is -0.999. The van der Waals surface area contributed by atoms with Crippen LogP contribution in [0.25, 0.3) is 0 Å². The average molecular weight is 412 g/mol. The van der Waals surface area contributed by atoms with Gasteiger partial charge in [0.2, 0.25) is 5.91 Å². The van der Waals surface area contributed by atoms with E-state index < -0.39 is 12.1 Å². The molecule has 2 aromatic rings. The molecule has 6 heteroatoms. The van der Waals surface area contributed by atoms with Crippen molar-refractivity contribution < 1.29 is 14.0 Å². The van der Waals surface area contributed by atoms with Crippen LogP contribution in [-0.4, -0.2) is 22.9 Å². The van der Waals surface area contributed by atoms with Crippen molar-refractivity contribution in [2.45, 2.75) is 58.0 Å². The van der Waals surface area contributed by atoms with E-state index in [1.54, 1.807) is 12.1 Å². The number of hydrogen-bond donors (Lipinski definition) is 2.